The van der Waals surface area contributed by atoms with Crippen LogP contribution in [0.1, 0.15) is 60.3 Å². The molecule has 0 aromatic heterocycles. The summed E-state index contributed by atoms with van der Waals surface area (Å²) in [6.45, 7) is -7.47. The lowest BCUT2D eigenvalue weighted by molar-refractivity contribution is -0.406. The summed E-state index contributed by atoms with van der Waals surface area (Å²) in [7, 11) is 0. The predicted octanol–water partition coefficient (Wildman–Crippen LogP) is -20.9. The molecule has 8 aliphatic heterocycles. The zero-order valence-corrected chi connectivity index (χ0v) is 68.3. The van der Waals surface area contributed by atoms with Crippen LogP contribution in [0.4, 0.5) is 0 Å². The monoisotopic (exact) mass is 1870 g/mol. The summed E-state index contributed by atoms with van der Waals surface area (Å²) in [6.07, 6.45) is -94.1. The first-order chi connectivity index (χ1) is 59.9. The summed E-state index contributed by atoms with van der Waals surface area (Å²) < 4.78 is 88.5. The third-order valence-corrected chi connectivity index (χ3v) is 22.6. The first-order valence-electron chi connectivity index (χ1n) is 39.6. The molecule has 8 rings (SSSR count). The molecule has 44 atom stereocenters. The number of rotatable bonds is 39. The highest BCUT2D eigenvalue weighted by molar-refractivity contribution is 5.79. The largest absolute Gasteiger partial charge is 0.477 e. The Labute approximate surface area is 721 Å². The molecule has 0 spiro atoms. The van der Waals surface area contributed by atoms with Gasteiger partial charge in [0, 0.05) is 60.3 Å². The van der Waals surface area contributed by atoms with Crippen molar-refractivity contribution in [1.82, 2.24) is 26.6 Å². The number of carbonyl (C=O) groups is 9. The highest BCUT2D eigenvalue weighted by Gasteiger charge is 2.67. The molecule has 8 heterocycles. The average molecular weight is 1870 g/mol. The minimum absolute atomic E-state index is 0.704. The van der Waals surface area contributed by atoms with E-state index in [0.29, 0.717) is 6.92 Å². The fourth-order valence-electron chi connectivity index (χ4n) is 16.2. The number of aliphatic hydroxyl groups is 25. The minimum Gasteiger partial charge on any atom is -0.477 e. The van der Waals surface area contributed by atoms with E-state index in [-0.39, 0.29) is 0 Å². The molecule has 5 amide bonds. The van der Waals surface area contributed by atoms with Crippen molar-refractivity contribution in [3.8, 4) is 0 Å². The van der Waals surface area contributed by atoms with Gasteiger partial charge in [-0.1, -0.05) is 0 Å². The van der Waals surface area contributed by atoms with Gasteiger partial charge in [0.25, 0.3) is 23.1 Å². The number of carbonyl (C=O) groups excluding carboxylic acids is 5. The van der Waals surface area contributed by atoms with E-state index in [2.05, 4.69) is 26.6 Å². The molecule has 0 bridgehead atoms. The number of carboxylic acid groups (broad SMARTS) is 4. The Morgan fingerprint density at radius 3 is 1.05 bits per heavy atom. The lowest BCUT2D eigenvalue weighted by Gasteiger charge is -2.53. The van der Waals surface area contributed by atoms with E-state index >= 15 is 0 Å². The Hall–Kier alpha value is -6.37. The van der Waals surface area contributed by atoms with E-state index in [1.54, 1.807) is 0 Å². The van der Waals surface area contributed by atoms with Crippen LogP contribution in [0, 0.1) is 0 Å². The van der Waals surface area contributed by atoms with Gasteiger partial charge in [-0.05, 0) is 0 Å². The Morgan fingerprint density at radius 2 is 0.656 bits per heavy atom. The third-order valence-electron chi connectivity index (χ3n) is 22.6. The van der Waals surface area contributed by atoms with Gasteiger partial charge in [-0.15, -0.1) is 0 Å². The Morgan fingerprint density at radius 1 is 0.336 bits per heavy atom. The van der Waals surface area contributed by atoms with Gasteiger partial charge in [0.1, 0.15) is 171 Å². The van der Waals surface area contributed by atoms with Gasteiger partial charge in [-0.2, -0.15) is 0 Å². The second kappa shape index (κ2) is 44.7. The standard InChI is InChI=1S/C70H113N5O53/c1-18(83)71-35-23(88)6-67(63(106)107,123-53(35)40(95)27(92)10-76)114-17-34-45(100)52(121-61-48(103)57(43(98)30(13-79)116-61)127-69(65(110)111)8-25(90)37(73-20(3)85)55(125-69)42(97)29(94)12-78)39(75-22(5)87)60(118-34)120-51-33(16-82)117-62(119-50-32(15-81)115-59(105)47(102)46(50)101)49(104)58(51)128-70(66(112)113)9-26(91)38(74-21(4)86)56(126-70)44(99)31(14-80)122-68(64(108)109)7-24(89)36(72-19(2)84)54(124-68)41(96)28(93)11-77/h23-62,76-82,88-105H,6-17H2,1-5H3,(H,71,83)(H,72,84)(H,73,85)(H,74,86)(H,75,87)(H,106,107)(H,108,109)(H,110,111)(H,112,113)/t23-,24-,25-,26-,27+,28+,29+,30+,31+,32+,33+,34+,35+,36+,37+,38+,39+,40+,41+,42+,43-,44+,45-,46+,47+,48+,49+,50+,51-,52+,53+,54+,55+,56+,57-,58+,59-,60-,61-,62-,67+,68+,69-,70-/m0/s1. The Balaban J connectivity index is 1.30. The number of amides is 5. The zero-order valence-electron chi connectivity index (χ0n) is 68.3. The molecule has 8 fully saturated rings. The molecule has 0 saturated carbocycles. The molecule has 34 N–H and O–H groups in total. The molecule has 0 aliphatic carbocycles. The van der Waals surface area contributed by atoms with Gasteiger partial charge in [-0.3, -0.25) is 24.0 Å². The first kappa shape index (κ1) is 107. The number of aliphatic carboxylic acids is 4. The molecule has 8 aliphatic rings. The molecule has 0 unspecified atom stereocenters. The van der Waals surface area contributed by atoms with Crippen LogP contribution in [-0.4, -0.2) is 522 Å². The van der Waals surface area contributed by atoms with E-state index in [1.807, 2.05) is 0 Å². The maximum absolute atomic E-state index is 14.5. The SMILES string of the molecule is CC(=O)N[C@H]1[C@H](O[C@@H]2[C@H](O[C@]3(C(=O)O)C[C@H](O)[C@@H](NC(C)=O)[C@H]([C@H](O)[C@@H](CO)O[C@]4(C(=O)O)C[C@H](O)[C@@H](NC(C)=O)[C@H]([C@H](O)[C@H](O)CO)O4)O3)[C@@H](O)[C@H](O[C@H]3[C@H](O)[C@@H](O)[C@@H](O)O[C@@H]3CO)O[C@@H]2CO)O[C@H](CO[C@]2(C(=O)O)C[C@H](O)[C@@H](NC(C)=O)[C@H]([C@H](O)[C@H](O)CO)O2)[C@H](O)[C@@H]1O[C@@H]1O[C@H](CO)[C@H](O)[C@H](O[C@]2(C(=O)O)C[C@H](O)[C@@H](NC(C)=O)[C@H]([C@H](O)[C@H](O)CO)O2)[C@H]1O. The van der Waals surface area contributed by atoms with Gasteiger partial charge in [-0.25, -0.2) is 19.2 Å². The lowest BCUT2D eigenvalue weighted by atomic mass is 9.87. The Bertz CT molecular complexity index is 3720. The topological polar surface area (TPSA) is 939 Å². The highest BCUT2D eigenvalue weighted by atomic mass is 16.8. The number of ether oxygens (including phenoxy) is 15. The zero-order chi connectivity index (χ0) is 95.9. The minimum atomic E-state index is -3.93. The maximum atomic E-state index is 14.5. The van der Waals surface area contributed by atoms with Crippen molar-refractivity contribution in [3.63, 3.8) is 0 Å². The van der Waals surface area contributed by atoms with Crippen molar-refractivity contribution in [2.24, 2.45) is 0 Å². The summed E-state index contributed by atoms with van der Waals surface area (Å²) in [5.41, 5.74) is 0. The first-order valence-corrected chi connectivity index (χ1v) is 39.6. The summed E-state index contributed by atoms with van der Waals surface area (Å²) in [5.74, 6) is -29.3. The van der Waals surface area contributed by atoms with Crippen LogP contribution in [-0.2, 0) is 114 Å². The average Bonchev–Trinajstić information content (AvgIpc) is 0.749. The van der Waals surface area contributed by atoms with Crippen LogP contribution in [0.25, 0.3) is 0 Å². The van der Waals surface area contributed by atoms with Crippen molar-refractivity contribution in [1.29, 1.82) is 0 Å². The van der Waals surface area contributed by atoms with Crippen molar-refractivity contribution >= 4 is 53.4 Å². The lowest BCUT2D eigenvalue weighted by Crippen LogP contribution is -2.73. The van der Waals surface area contributed by atoms with Crippen LogP contribution >= 0.6 is 0 Å². The number of hydrogen-bond acceptors (Lipinski definition) is 49. The molecular formula is C70H113N5O53. The fourth-order valence-corrected chi connectivity index (χ4v) is 16.2. The molecule has 128 heavy (non-hydrogen) atoms. The van der Waals surface area contributed by atoms with Gasteiger partial charge in [0.15, 0.2) is 25.2 Å². The molecule has 736 valence electrons. The summed E-state index contributed by atoms with van der Waals surface area (Å²) >= 11 is 0. The van der Waals surface area contributed by atoms with Crippen LogP contribution in [0.3, 0.4) is 0 Å². The van der Waals surface area contributed by atoms with Gasteiger partial charge < -0.3 is 246 Å². The van der Waals surface area contributed by atoms with Crippen molar-refractivity contribution in [2.75, 3.05) is 52.9 Å². The predicted molar refractivity (Wildman–Crippen MR) is 391 cm³/mol. The summed E-state index contributed by atoms with van der Waals surface area (Å²) in [5, 5.41) is 336. The van der Waals surface area contributed by atoms with Gasteiger partial charge in [0.2, 0.25) is 29.5 Å². The van der Waals surface area contributed by atoms with Gasteiger partial charge >= 0.3 is 23.9 Å². The Kier molecular flexibility index (Phi) is 37.3. The van der Waals surface area contributed by atoms with E-state index < -0.39 is 400 Å². The number of nitrogens with one attached hydrogen (secondary N) is 5. The quantitative estimate of drug-likeness (QED) is 0.0272. The second-order valence-corrected chi connectivity index (χ2v) is 31.8. The number of aliphatic hydroxyl groups excluding tert-OH is 25. The second-order valence-electron chi connectivity index (χ2n) is 31.8. The molecule has 58 nitrogen and oxygen atoms in total. The van der Waals surface area contributed by atoms with Crippen molar-refractivity contribution in [2.45, 2.75) is 328 Å². The smallest absolute Gasteiger partial charge is 0.364 e. The van der Waals surface area contributed by atoms with E-state index in [9.17, 15) is 191 Å². The highest BCUT2D eigenvalue weighted by Crippen LogP contribution is 2.45. The van der Waals surface area contributed by atoms with Crippen LogP contribution in [0.15, 0.2) is 0 Å². The van der Waals surface area contributed by atoms with E-state index in [4.69, 9.17) is 71.1 Å². The number of carboxylic acids is 4. The van der Waals surface area contributed by atoms with Gasteiger partial charge in [0.05, 0.1) is 101 Å². The van der Waals surface area contributed by atoms with E-state index in [0.717, 1.165) is 27.7 Å². The fraction of sp³-hybridized carbons (Fsp3) is 0.871. The molecular weight excluding hydrogens is 1760 g/mol. The molecule has 8 saturated heterocycles. The maximum Gasteiger partial charge on any atom is 0.364 e. The molecule has 0 aromatic rings. The summed E-state index contributed by atoms with van der Waals surface area (Å²) in [4.78, 5) is 120. The van der Waals surface area contributed by atoms with Crippen LogP contribution in [0.2, 0.25) is 0 Å². The molecule has 0 aromatic carbocycles. The van der Waals surface area contributed by atoms with Crippen molar-refractivity contribution in [3.05, 3.63) is 0 Å². The van der Waals surface area contributed by atoms with Crippen molar-refractivity contribution < 1.29 is 262 Å². The van der Waals surface area contributed by atoms with Crippen LogP contribution in [0.5, 0.6) is 0 Å². The number of hydrogen-bond donors (Lipinski definition) is 34. The normalized spacial score (nSPS) is 42.5. The van der Waals surface area contributed by atoms with Crippen LogP contribution < -0.4 is 26.6 Å². The van der Waals surface area contributed by atoms with E-state index in [1.165, 1.54) is 0 Å². The summed E-state index contributed by atoms with van der Waals surface area (Å²) in [6, 6.07) is -10.5. The molecule has 0 radical (unpaired) electrons. The molecule has 58 heteroatoms. The third kappa shape index (κ3) is 23.3.